The van der Waals surface area contributed by atoms with Gasteiger partial charge in [0.05, 0.1) is 5.52 Å². The number of aromatic nitrogens is 2. The summed E-state index contributed by atoms with van der Waals surface area (Å²) in [5.41, 5.74) is 3.24. The number of H-pyrrole nitrogens is 1. The third-order valence-corrected chi connectivity index (χ3v) is 5.77. The van der Waals surface area contributed by atoms with E-state index in [0.717, 1.165) is 29.4 Å². The zero-order valence-electron chi connectivity index (χ0n) is 14.8. The number of amides is 2. The van der Waals surface area contributed by atoms with Gasteiger partial charge in [-0.15, -0.1) is 0 Å². The number of nitrogens with zero attached hydrogens (tertiary/aromatic N) is 2. The highest BCUT2D eigenvalue weighted by molar-refractivity contribution is 7.08. The number of rotatable bonds is 5. The molecule has 0 radical (unpaired) electrons. The number of urea groups is 1. The van der Waals surface area contributed by atoms with Crippen molar-refractivity contribution in [2.75, 3.05) is 25.5 Å². The predicted octanol–water partition coefficient (Wildman–Crippen LogP) is 3.90. The second-order valence-corrected chi connectivity index (χ2v) is 7.57. The number of nitrogens with one attached hydrogen (secondary N) is 3. The van der Waals surface area contributed by atoms with E-state index in [2.05, 4.69) is 61.7 Å². The Morgan fingerprint density at radius 2 is 2.31 bits per heavy atom. The minimum absolute atomic E-state index is 0.207. The second kappa shape index (κ2) is 7.47. The predicted molar refractivity (Wildman–Crippen MR) is 107 cm³/mol. The molecular formula is C19H23N5OS. The molecule has 3 aromatic rings. The Morgan fingerprint density at radius 1 is 1.38 bits per heavy atom. The van der Waals surface area contributed by atoms with Gasteiger partial charge in [0.1, 0.15) is 0 Å². The van der Waals surface area contributed by atoms with E-state index in [-0.39, 0.29) is 6.03 Å². The molecule has 0 spiro atoms. The van der Waals surface area contributed by atoms with Gasteiger partial charge in [-0.2, -0.15) is 16.4 Å². The number of likely N-dealkylation sites (tertiary alicyclic amines) is 1. The number of anilines is 1. The SMILES string of the molecule is CN1CCCC1CCNC(=O)Nc1n[nH]c2cc(-c3ccsc3)ccc12. The molecular weight excluding hydrogens is 346 g/mol. The lowest BCUT2D eigenvalue weighted by molar-refractivity contribution is 0.248. The van der Waals surface area contributed by atoms with Crippen molar-refractivity contribution in [3.8, 4) is 11.1 Å². The number of hydrogen-bond acceptors (Lipinski definition) is 4. The number of carbonyl (C=O) groups excluding carboxylic acids is 1. The summed E-state index contributed by atoms with van der Waals surface area (Å²) < 4.78 is 0. The molecule has 1 saturated heterocycles. The van der Waals surface area contributed by atoms with E-state index in [1.807, 2.05) is 6.07 Å². The Balaban J connectivity index is 1.37. The first kappa shape index (κ1) is 17.1. The molecule has 26 heavy (non-hydrogen) atoms. The molecule has 0 bridgehead atoms. The lowest BCUT2D eigenvalue weighted by Gasteiger charge is -2.19. The van der Waals surface area contributed by atoms with Crippen LogP contribution in [-0.4, -0.2) is 47.3 Å². The minimum atomic E-state index is -0.207. The fraction of sp³-hybridized carbons (Fsp3) is 0.368. The molecule has 1 aliphatic heterocycles. The van der Waals surface area contributed by atoms with Crippen molar-refractivity contribution in [3.05, 3.63) is 35.0 Å². The van der Waals surface area contributed by atoms with Crippen molar-refractivity contribution in [1.29, 1.82) is 0 Å². The number of hydrogen-bond donors (Lipinski definition) is 3. The van der Waals surface area contributed by atoms with Crippen LogP contribution in [0, 0.1) is 0 Å². The first-order valence-corrected chi connectivity index (χ1v) is 9.91. The van der Waals surface area contributed by atoms with Crippen LogP contribution < -0.4 is 10.6 Å². The van der Waals surface area contributed by atoms with Crippen LogP contribution in [0.5, 0.6) is 0 Å². The fourth-order valence-corrected chi connectivity index (χ4v) is 4.24. The topological polar surface area (TPSA) is 73.1 Å². The van der Waals surface area contributed by atoms with Crippen LogP contribution in [0.3, 0.4) is 0 Å². The molecule has 1 aliphatic rings. The van der Waals surface area contributed by atoms with Gasteiger partial charge in [-0.25, -0.2) is 4.79 Å². The number of aromatic amines is 1. The van der Waals surface area contributed by atoms with Crippen LogP contribution in [0.2, 0.25) is 0 Å². The van der Waals surface area contributed by atoms with E-state index < -0.39 is 0 Å². The van der Waals surface area contributed by atoms with Gasteiger partial charge in [0.2, 0.25) is 0 Å². The molecule has 1 atom stereocenters. The lowest BCUT2D eigenvalue weighted by atomic mass is 10.1. The molecule has 2 amide bonds. The molecule has 2 aromatic heterocycles. The number of benzene rings is 1. The van der Waals surface area contributed by atoms with Crippen molar-refractivity contribution < 1.29 is 4.79 Å². The molecule has 7 heteroatoms. The normalized spacial score (nSPS) is 17.7. The summed E-state index contributed by atoms with van der Waals surface area (Å²) in [6.07, 6.45) is 3.45. The number of fused-ring (bicyclic) bond motifs is 1. The Labute approximate surface area is 156 Å². The highest BCUT2D eigenvalue weighted by atomic mass is 32.1. The summed E-state index contributed by atoms with van der Waals surface area (Å²) in [6.45, 7) is 1.83. The molecule has 0 aliphatic carbocycles. The Bertz CT molecular complexity index is 889. The first-order chi connectivity index (χ1) is 12.7. The van der Waals surface area contributed by atoms with E-state index in [4.69, 9.17) is 0 Å². The molecule has 1 fully saturated rings. The van der Waals surface area contributed by atoms with Gasteiger partial charge in [0.15, 0.2) is 5.82 Å². The van der Waals surface area contributed by atoms with Crippen LogP contribution >= 0.6 is 11.3 Å². The van der Waals surface area contributed by atoms with E-state index in [0.29, 0.717) is 18.4 Å². The van der Waals surface area contributed by atoms with Gasteiger partial charge in [-0.3, -0.25) is 10.4 Å². The highest BCUT2D eigenvalue weighted by Crippen LogP contribution is 2.28. The fourth-order valence-electron chi connectivity index (χ4n) is 3.57. The van der Waals surface area contributed by atoms with Crippen LogP contribution in [0.15, 0.2) is 35.0 Å². The lowest BCUT2D eigenvalue weighted by Crippen LogP contribution is -2.34. The minimum Gasteiger partial charge on any atom is -0.338 e. The molecule has 3 N–H and O–H groups in total. The van der Waals surface area contributed by atoms with Crippen molar-refractivity contribution >= 4 is 34.1 Å². The Hall–Kier alpha value is -2.38. The Morgan fingerprint density at radius 3 is 3.08 bits per heavy atom. The van der Waals surface area contributed by atoms with Crippen LogP contribution in [0.25, 0.3) is 22.0 Å². The molecule has 0 saturated carbocycles. The quantitative estimate of drug-likeness (QED) is 0.639. The third-order valence-electron chi connectivity index (χ3n) is 5.08. The first-order valence-electron chi connectivity index (χ1n) is 8.96. The van der Waals surface area contributed by atoms with Gasteiger partial charge in [0.25, 0.3) is 0 Å². The molecule has 1 aromatic carbocycles. The van der Waals surface area contributed by atoms with E-state index in [9.17, 15) is 4.79 Å². The highest BCUT2D eigenvalue weighted by Gasteiger charge is 2.20. The average Bonchev–Trinajstić information content (AvgIpc) is 3.37. The zero-order valence-corrected chi connectivity index (χ0v) is 15.6. The van der Waals surface area contributed by atoms with E-state index in [1.165, 1.54) is 18.4 Å². The average molecular weight is 369 g/mol. The van der Waals surface area contributed by atoms with Gasteiger partial charge in [-0.05, 0) is 72.9 Å². The Kier molecular flexibility index (Phi) is 4.90. The maximum absolute atomic E-state index is 12.2. The van der Waals surface area contributed by atoms with E-state index in [1.54, 1.807) is 11.3 Å². The summed E-state index contributed by atoms with van der Waals surface area (Å²) in [7, 11) is 2.15. The van der Waals surface area contributed by atoms with Gasteiger partial charge >= 0.3 is 6.03 Å². The maximum Gasteiger partial charge on any atom is 0.320 e. The van der Waals surface area contributed by atoms with Crippen molar-refractivity contribution in [1.82, 2.24) is 20.4 Å². The summed E-state index contributed by atoms with van der Waals surface area (Å²) in [4.78, 5) is 14.5. The van der Waals surface area contributed by atoms with Crippen molar-refractivity contribution in [2.24, 2.45) is 0 Å². The van der Waals surface area contributed by atoms with Gasteiger partial charge in [0, 0.05) is 18.0 Å². The zero-order chi connectivity index (χ0) is 17.9. The summed E-state index contributed by atoms with van der Waals surface area (Å²) in [5.74, 6) is 0.562. The van der Waals surface area contributed by atoms with Crippen molar-refractivity contribution in [3.63, 3.8) is 0 Å². The summed E-state index contributed by atoms with van der Waals surface area (Å²) in [5, 5.41) is 18.1. The van der Waals surface area contributed by atoms with Crippen molar-refractivity contribution in [2.45, 2.75) is 25.3 Å². The standard InChI is InChI=1S/C19H23N5OS/c1-24-9-2-3-15(24)6-8-20-19(25)21-18-16-5-4-13(11-17(16)22-23-18)14-7-10-26-12-14/h4-5,7,10-12,15H,2-3,6,8-9H2,1H3,(H3,20,21,22,23,25). The largest absolute Gasteiger partial charge is 0.338 e. The van der Waals surface area contributed by atoms with Gasteiger partial charge in [-0.1, -0.05) is 6.07 Å². The van der Waals surface area contributed by atoms with Crippen LogP contribution in [0.4, 0.5) is 10.6 Å². The number of carbonyl (C=O) groups is 1. The maximum atomic E-state index is 12.2. The second-order valence-electron chi connectivity index (χ2n) is 6.79. The molecule has 4 rings (SSSR count). The molecule has 6 nitrogen and oxygen atoms in total. The smallest absolute Gasteiger partial charge is 0.320 e. The summed E-state index contributed by atoms with van der Waals surface area (Å²) >= 11 is 1.68. The summed E-state index contributed by atoms with van der Waals surface area (Å²) in [6, 6.07) is 8.58. The molecule has 136 valence electrons. The third kappa shape index (κ3) is 3.59. The molecule has 3 heterocycles. The van der Waals surface area contributed by atoms with Crippen LogP contribution in [0.1, 0.15) is 19.3 Å². The van der Waals surface area contributed by atoms with E-state index >= 15 is 0 Å². The van der Waals surface area contributed by atoms with Crippen LogP contribution in [-0.2, 0) is 0 Å². The van der Waals surface area contributed by atoms with Gasteiger partial charge < -0.3 is 10.2 Å². The number of thiophene rings is 1. The molecule has 1 unspecified atom stereocenters. The monoisotopic (exact) mass is 369 g/mol.